The number of benzene rings is 2. The number of carbonyl (C=O) groups excluding carboxylic acids is 1. The molecule has 0 aliphatic carbocycles. The van der Waals surface area contributed by atoms with E-state index in [4.69, 9.17) is 4.74 Å². The number of anilines is 1. The quantitative estimate of drug-likeness (QED) is 0.600. The summed E-state index contributed by atoms with van der Waals surface area (Å²) in [6.07, 6.45) is 2.12. The van der Waals surface area contributed by atoms with Gasteiger partial charge >= 0.3 is 0 Å². The summed E-state index contributed by atoms with van der Waals surface area (Å²) in [7, 11) is 1.66. The Balaban J connectivity index is 1.68. The average molecular weight is 380 g/mol. The number of fused-ring (bicyclic) bond motifs is 1. The van der Waals surface area contributed by atoms with Gasteiger partial charge in [-0.25, -0.2) is 0 Å². The van der Waals surface area contributed by atoms with E-state index >= 15 is 0 Å². The molecule has 1 aromatic heterocycles. The first kappa shape index (κ1) is 20.1. The van der Waals surface area contributed by atoms with E-state index in [1.165, 1.54) is 5.52 Å². The van der Waals surface area contributed by atoms with E-state index in [2.05, 4.69) is 47.0 Å². The van der Waals surface area contributed by atoms with Gasteiger partial charge in [-0.2, -0.15) is 0 Å². The van der Waals surface area contributed by atoms with Gasteiger partial charge in [0.2, 0.25) is 0 Å². The van der Waals surface area contributed by atoms with Gasteiger partial charge in [0.05, 0.1) is 6.61 Å². The lowest BCUT2D eigenvalue weighted by Crippen LogP contribution is -2.26. The Morgan fingerprint density at radius 1 is 1.07 bits per heavy atom. The first-order valence-electron chi connectivity index (χ1n) is 9.85. The zero-order chi connectivity index (χ0) is 19.9. The van der Waals surface area contributed by atoms with Crippen molar-refractivity contribution in [1.29, 1.82) is 0 Å². The lowest BCUT2D eigenvalue weighted by molar-refractivity contribution is 0.102. The SMILES string of the molecule is CCN(CC)CCn1ccc2cc(NC(=O)c3ccc(COC)cc3)ccc21. The Kier molecular flexibility index (Phi) is 6.85. The smallest absolute Gasteiger partial charge is 0.255 e. The predicted octanol–water partition coefficient (Wildman–Crippen LogP) is 4.38. The Morgan fingerprint density at radius 2 is 1.82 bits per heavy atom. The van der Waals surface area contributed by atoms with Crippen LogP contribution in [0, 0.1) is 0 Å². The first-order valence-corrected chi connectivity index (χ1v) is 9.85. The number of hydrogen-bond donors (Lipinski definition) is 1. The lowest BCUT2D eigenvalue weighted by Gasteiger charge is -2.18. The summed E-state index contributed by atoms with van der Waals surface area (Å²) in [6, 6.07) is 15.7. The molecule has 0 aliphatic heterocycles. The number of aromatic nitrogens is 1. The molecule has 148 valence electrons. The summed E-state index contributed by atoms with van der Waals surface area (Å²) in [6.45, 7) is 9.06. The molecule has 0 fully saturated rings. The van der Waals surface area contributed by atoms with Crippen molar-refractivity contribution in [3.8, 4) is 0 Å². The standard InChI is InChI=1S/C23H29N3O2/c1-4-25(5-2)14-15-26-13-12-20-16-21(10-11-22(20)26)24-23(27)19-8-6-18(7-9-19)17-28-3/h6-13,16H,4-5,14-15,17H2,1-3H3,(H,24,27). The van der Waals surface area contributed by atoms with E-state index in [0.717, 1.165) is 42.8 Å². The van der Waals surface area contributed by atoms with Crippen molar-refractivity contribution in [1.82, 2.24) is 9.47 Å². The van der Waals surface area contributed by atoms with Crippen molar-refractivity contribution >= 4 is 22.5 Å². The van der Waals surface area contributed by atoms with E-state index in [1.54, 1.807) is 7.11 Å². The van der Waals surface area contributed by atoms with E-state index in [9.17, 15) is 4.79 Å². The number of hydrogen-bond acceptors (Lipinski definition) is 3. The van der Waals surface area contributed by atoms with Crippen molar-refractivity contribution in [2.24, 2.45) is 0 Å². The Bertz CT molecular complexity index is 911. The monoisotopic (exact) mass is 379 g/mol. The molecule has 0 radical (unpaired) electrons. The first-order chi connectivity index (χ1) is 13.6. The fourth-order valence-electron chi connectivity index (χ4n) is 3.38. The van der Waals surface area contributed by atoms with Gasteiger partial charge in [-0.05, 0) is 55.1 Å². The fourth-order valence-corrected chi connectivity index (χ4v) is 3.38. The molecule has 3 rings (SSSR count). The molecule has 5 nitrogen and oxygen atoms in total. The van der Waals surface area contributed by atoms with Crippen LogP contribution in [-0.4, -0.2) is 42.1 Å². The van der Waals surface area contributed by atoms with Crippen LogP contribution < -0.4 is 5.32 Å². The molecule has 0 unspecified atom stereocenters. The fraction of sp³-hybridized carbons (Fsp3) is 0.348. The third-order valence-corrected chi connectivity index (χ3v) is 5.11. The highest BCUT2D eigenvalue weighted by molar-refractivity contribution is 6.05. The van der Waals surface area contributed by atoms with Crippen LogP contribution in [0.5, 0.6) is 0 Å². The van der Waals surface area contributed by atoms with E-state index in [-0.39, 0.29) is 5.91 Å². The molecule has 5 heteroatoms. The summed E-state index contributed by atoms with van der Waals surface area (Å²) in [4.78, 5) is 14.9. The highest BCUT2D eigenvalue weighted by Crippen LogP contribution is 2.21. The minimum Gasteiger partial charge on any atom is -0.380 e. The normalized spacial score (nSPS) is 11.3. The number of amides is 1. The maximum Gasteiger partial charge on any atom is 0.255 e. The van der Waals surface area contributed by atoms with Crippen LogP contribution in [0.3, 0.4) is 0 Å². The van der Waals surface area contributed by atoms with Crippen molar-refractivity contribution in [3.05, 3.63) is 65.9 Å². The van der Waals surface area contributed by atoms with Gasteiger partial charge in [0, 0.05) is 48.5 Å². The largest absolute Gasteiger partial charge is 0.380 e. The summed E-state index contributed by atoms with van der Waals surface area (Å²) in [5.41, 5.74) is 3.68. The maximum atomic E-state index is 12.5. The van der Waals surface area contributed by atoms with Crippen LogP contribution >= 0.6 is 0 Å². The molecule has 0 aliphatic rings. The number of methoxy groups -OCH3 is 1. The lowest BCUT2D eigenvalue weighted by atomic mass is 10.1. The molecule has 0 saturated heterocycles. The number of carbonyl (C=O) groups is 1. The number of nitrogens with one attached hydrogen (secondary N) is 1. The van der Waals surface area contributed by atoms with Gasteiger partial charge in [-0.3, -0.25) is 4.79 Å². The van der Waals surface area contributed by atoms with Crippen molar-refractivity contribution in [2.75, 3.05) is 32.1 Å². The molecular weight excluding hydrogens is 350 g/mol. The second-order valence-electron chi connectivity index (χ2n) is 6.89. The topological polar surface area (TPSA) is 46.5 Å². The van der Waals surface area contributed by atoms with Crippen LogP contribution in [0.1, 0.15) is 29.8 Å². The van der Waals surface area contributed by atoms with Crippen molar-refractivity contribution in [3.63, 3.8) is 0 Å². The molecule has 0 bridgehead atoms. The average Bonchev–Trinajstić information content (AvgIpc) is 3.12. The van der Waals surface area contributed by atoms with Gasteiger partial charge in [0.25, 0.3) is 5.91 Å². The number of ether oxygens (including phenoxy) is 1. The van der Waals surface area contributed by atoms with Gasteiger partial charge in [0.1, 0.15) is 0 Å². The zero-order valence-corrected chi connectivity index (χ0v) is 16.9. The Morgan fingerprint density at radius 3 is 2.50 bits per heavy atom. The summed E-state index contributed by atoms with van der Waals surface area (Å²) in [5.74, 6) is -0.107. The zero-order valence-electron chi connectivity index (χ0n) is 16.9. The molecule has 2 aromatic carbocycles. The predicted molar refractivity (Wildman–Crippen MR) is 115 cm³/mol. The molecule has 1 heterocycles. The highest BCUT2D eigenvalue weighted by Gasteiger charge is 2.08. The van der Waals surface area contributed by atoms with Crippen LogP contribution in [0.15, 0.2) is 54.7 Å². The molecule has 3 aromatic rings. The van der Waals surface area contributed by atoms with Gasteiger partial charge in [-0.1, -0.05) is 26.0 Å². The Labute approximate surface area is 166 Å². The van der Waals surface area contributed by atoms with Crippen molar-refractivity contribution in [2.45, 2.75) is 27.0 Å². The molecule has 28 heavy (non-hydrogen) atoms. The summed E-state index contributed by atoms with van der Waals surface area (Å²) < 4.78 is 7.38. The molecule has 0 spiro atoms. The molecular formula is C23H29N3O2. The minimum absolute atomic E-state index is 0.107. The van der Waals surface area contributed by atoms with E-state index in [1.807, 2.05) is 36.4 Å². The second-order valence-corrected chi connectivity index (χ2v) is 6.89. The third-order valence-electron chi connectivity index (χ3n) is 5.11. The maximum absolute atomic E-state index is 12.5. The van der Waals surface area contributed by atoms with Gasteiger partial charge < -0.3 is 19.5 Å². The third kappa shape index (κ3) is 4.80. The van der Waals surface area contributed by atoms with Crippen LogP contribution in [0.2, 0.25) is 0 Å². The van der Waals surface area contributed by atoms with E-state index in [0.29, 0.717) is 12.2 Å². The number of rotatable bonds is 9. The van der Waals surface area contributed by atoms with Gasteiger partial charge in [-0.15, -0.1) is 0 Å². The molecule has 0 saturated carbocycles. The number of nitrogens with zero attached hydrogens (tertiary/aromatic N) is 2. The Hall–Kier alpha value is -2.63. The van der Waals surface area contributed by atoms with Crippen molar-refractivity contribution < 1.29 is 9.53 Å². The summed E-state index contributed by atoms with van der Waals surface area (Å²) >= 11 is 0. The van der Waals surface area contributed by atoms with Gasteiger partial charge in [0.15, 0.2) is 0 Å². The number of likely N-dealkylation sites (N-methyl/N-ethyl adjacent to an activating group) is 1. The molecule has 0 atom stereocenters. The highest BCUT2D eigenvalue weighted by atomic mass is 16.5. The minimum atomic E-state index is -0.107. The second kappa shape index (κ2) is 9.53. The van der Waals surface area contributed by atoms with E-state index < -0.39 is 0 Å². The molecule has 1 amide bonds. The van der Waals surface area contributed by atoms with Crippen LogP contribution in [0.4, 0.5) is 5.69 Å². The van der Waals surface area contributed by atoms with Crippen LogP contribution in [-0.2, 0) is 17.9 Å². The van der Waals surface area contributed by atoms with Crippen LogP contribution in [0.25, 0.3) is 10.9 Å². The summed E-state index contributed by atoms with van der Waals surface area (Å²) in [5, 5.41) is 4.12. The molecule has 1 N–H and O–H groups in total.